The van der Waals surface area contributed by atoms with Crippen molar-refractivity contribution in [2.45, 2.75) is 38.1 Å². The minimum atomic E-state index is 0.344. The van der Waals surface area contributed by atoms with Gasteiger partial charge < -0.3 is 5.32 Å². The molecule has 5 heteroatoms. The first-order valence-electron chi connectivity index (χ1n) is 7.32. The van der Waals surface area contributed by atoms with E-state index in [0.29, 0.717) is 12.0 Å². The lowest BCUT2D eigenvalue weighted by Crippen LogP contribution is -2.29. The highest BCUT2D eigenvalue weighted by molar-refractivity contribution is 9.13. The van der Waals surface area contributed by atoms with Crippen LogP contribution in [0.15, 0.2) is 32.7 Å². The number of thiophene rings is 1. The van der Waals surface area contributed by atoms with E-state index in [1.807, 2.05) is 17.5 Å². The van der Waals surface area contributed by atoms with E-state index in [1.54, 1.807) is 0 Å². The van der Waals surface area contributed by atoms with E-state index in [9.17, 15) is 0 Å². The van der Waals surface area contributed by atoms with Gasteiger partial charge in [-0.3, -0.25) is 4.98 Å². The van der Waals surface area contributed by atoms with Crippen LogP contribution in [0.2, 0.25) is 0 Å². The molecule has 2 unspecified atom stereocenters. The summed E-state index contributed by atoms with van der Waals surface area (Å²) in [7, 11) is 0. The van der Waals surface area contributed by atoms with Gasteiger partial charge in [-0.1, -0.05) is 13.0 Å². The molecule has 1 N–H and O–H groups in total. The van der Waals surface area contributed by atoms with E-state index in [4.69, 9.17) is 4.98 Å². The Labute approximate surface area is 146 Å². The van der Waals surface area contributed by atoms with E-state index in [0.717, 1.165) is 21.2 Å². The predicted octanol–water partition coefficient (Wildman–Crippen LogP) is 5.44. The lowest BCUT2D eigenvalue weighted by molar-refractivity contribution is 0.405. The lowest BCUT2D eigenvalue weighted by Gasteiger charge is -2.31. The number of halogens is 2. The number of fused-ring (bicyclic) bond motifs is 1. The third kappa shape index (κ3) is 3.26. The molecule has 0 saturated carbocycles. The molecule has 0 radical (unpaired) electrons. The highest BCUT2D eigenvalue weighted by Gasteiger charge is 2.30. The van der Waals surface area contributed by atoms with Gasteiger partial charge in [0.2, 0.25) is 0 Å². The van der Waals surface area contributed by atoms with Crippen LogP contribution in [-0.4, -0.2) is 11.5 Å². The zero-order valence-electron chi connectivity index (χ0n) is 11.9. The second-order valence-electron chi connectivity index (χ2n) is 5.35. The van der Waals surface area contributed by atoms with Crippen molar-refractivity contribution in [1.82, 2.24) is 10.3 Å². The monoisotopic (exact) mass is 428 g/mol. The minimum Gasteiger partial charge on any atom is -0.309 e. The number of nitrogens with one attached hydrogen (secondary N) is 1. The van der Waals surface area contributed by atoms with Gasteiger partial charge in [0, 0.05) is 33.2 Å². The first-order valence-corrected chi connectivity index (χ1v) is 9.73. The van der Waals surface area contributed by atoms with Crippen molar-refractivity contribution in [2.75, 3.05) is 6.54 Å². The molecule has 0 spiro atoms. The van der Waals surface area contributed by atoms with Crippen LogP contribution < -0.4 is 5.32 Å². The van der Waals surface area contributed by atoms with E-state index < -0.39 is 0 Å². The molecule has 3 rings (SSSR count). The molecule has 0 bridgehead atoms. The smallest absolute Gasteiger partial charge is 0.0843 e. The molecule has 2 nitrogen and oxygen atoms in total. The second-order valence-corrected chi connectivity index (χ2v) is 8.61. The van der Waals surface area contributed by atoms with Crippen LogP contribution in [0.1, 0.15) is 47.9 Å². The molecule has 1 aliphatic carbocycles. The maximum absolute atomic E-state index is 4.70. The first-order chi connectivity index (χ1) is 10.2. The summed E-state index contributed by atoms with van der Waals surface area (Å²) >= 11 is 9.04. The third-order valence-corrected chi connectivity index (χ3v) is 7.38. The average Bonchev–Trinajstić information content (AvgIpc) is 2.84. The van der Waals surface area contributed by atoms with E-state index in [1.165, 1.54) is 29.0 Å². The number of pyridine rings is 1. The third-order valence-electron chi connectivity index (χ3n) is 4.04. The number of aromatic nitrogens is 1. The summed E-state index contributed by atoms with van der Waals surface area (Å²) in [6.07, 6.45) is 5.55. The fourth-order valence-electron chi connectivity index (χ4n) is 3.15. The molecule has 0 amide bonds. The van der Waals surface area contributed by atoms with Crippen LogP contribution >= 0.6 is 43.2 Å². The van der Waals surface area contributed by atoms with Gasteiger partial charge in [-0.15, -0.1) is 11.3 Å². The van der Waals surface area contributed by atoms with E-state index in [-0.39, 0.29) is 0 Å². The highest BCUT2D eigenvalue weighted by Crippen LogP contribution is 2.44. The summed E-state index contributed by atoms with van der Waals surface area (Å²) in [5.41, 5.74) is 2.71. The maximum Gasteiger partial charge on any atom is 0.0843 e. The quantitative estimate of drug-likeness (QED) is 0.699. The van der Waals surface area contributed by atoms with Gasteiger partial charge in [0.15, 0.2) is 0 Å². The molecule has 0 fully saturated rings. The topological polar surface area (TPSA) is 24.9 Å². The number of hydrogen-bond acceptors (Lipinski definition) is 3. The molecular weight excluding hydrogens is 412 g/mol. The van der Waals surface area contributed by atoms with E-state index in [2.05, 4.69) is 62.3 Å². The molecule has 0 aromatic carbocycles. The Bertz CT molecular complexity index is 607. The number of rotatable bonds is 4. The van der Waals surface area contributed by atoms with Gasteiger partial charge in [0.25, 0.3) is 0 Å². The van der Waals surface area contributed by atoms with Crippen molar-refractivity contribution in [3.05, 3.63) is 48.8 Å². The van der Waals surface area contributed by atoms with Crippen LogP contribution in [0.25, 0.3) is 0 Å². The molecular formula is C16H18Br2N2S. The van der Waals surface area contributed by atoms with Gasteiger partial charge in [0.05, 0.1) is 3.79 Å². The number of likely N-dealkylation sites (N-methyl/N-ethyl adjacent to an activating group) is 1. The Morgan fingerprint density at radius 2 is 2.33 bits per heavy atom. The van der Waals surface area contributed by atoms with Crippen molar-refractivity contribution < 1.29 is 0 Å². The Kier molecular flexibility index (Phi) is 5.15. The largest absolute Gasteiger partial charge is 0.309 e. The van der Waals surface area contributed by atoms with Crippen molar-refractivity contribution in [1.29, 1.82) is 0 Å². The number of aryl methyl sites for hydroxylation is 1. The van der Waals surface area contributed by atoms with Crippen LogP contribution in [0.4, 0.5) is 0 Å². The summed E-state index contributed by atoms with van der Waals surface area (Å²) in [6.45, 7) is 3.14. The molecule has 2 atom stereocenters. The molecule has 2 aromatic heterocycles. The standard InChI is InChI=1S/C16H18Br2N2S/c1-2-19-15(13-9-12(17)16(18)21-13)11-7-3-5-10-6-4-8-20-14(10)11/h4,6,8-9,11,15,19H,2-3,5,7H2,1H3. The number of hydrogen-bond donors (Lipinski definition) is 1. The number of nitrogens with zero attached hydrogens (tertiary/aromatic N) is 1. The molecule has 0 saturated heterocycles. The van der Waals surface area contributed by atoms with Gasteiger partial charge in [-0.25, -0.2) is 0 Å². The zero-order valence-corrected chi connectivity index (χ0v) is 15.9. The highest BCUT2D eigenvalue weighted by atomic mass is 79.9. The fraction of sp³-hybridized carbons (Fsp3) is 0.438. The Hall–Kier alpha value is -0.230. The fourth-order valence-corrected chi connectivity index (χ4v) is 5.38. The molecule has 2 heterocycles. The van der Waals surface area contributed by atoms with Crippen LogP contribution in [0, 0.1) is 0 Å². The van der Waals surface area contributed by atoms with Crippen molar-refractivity contribution in [2.24, 2.45) is 0 Å². The Balaban J connectivity index is 1.98. The van der Waals surface area contributed by atoms with Crippen molar-refractivity contribution >= 4 is 43.2 Å². The molecule has 0 aliphatic heterocycles. The van der Waals surface area contributed by atoms with Gasteiger partial charge >= 0.3 is 0 Å². The maximum atomic E-state index is 4.70. The Morgan fingerprint density at radius 3 is 3.05 bits per heavy atom. The summed E-state index contributed by atoms with van der Waals surface area (Å²) in [4.78, 5) is 6.07. The SMILES string of the molecule is CCNC(c1cc(Br)c(Br)s1)C1CCCc2cccnc21. The second kappa shape index (κ2) is 6.90. The van der Waals surface area contributed by atoms with Crippen LogP contribution in [0.3, 0.4) is 0 Å². The normalized spacial score (nSPS) is 19.3. The van der Waals surface area contributed by atoms with Gasteiger partial charge in [0.1, 0.15) is 0 Å². The summed E-state index contributed by atoms with van der Waals surface area (Å²) in [5, 5.41) is 3.68. The van der Waals surface area contributed by atoms with Gasteiger partial charge in [-0.05, 0) is 75.4 Å². The van der Waals surface area contributed by atoms with Crippen molar-refractivity contribution in [3.8, 4) is 0 Å². The molecule has 112 valence electrons. The van der Waals surface area contributed by atoms with Crippen LogP contribution in [-0.2, 0) is 6.42 Å². The van der Waals surface area contributed by atoms with E-state index >= 15 is 0 Å². The molecule has 1 aliphatic rings. The minimum absolute atomic E-state index is 0.344. The van der Waals surface area contributed by atoms with Crippen molar-refractivity contribution in [3.63, 3.8) is 0 Å². The van der Waals surface area contributed by atoms with Crippen LogP contribution in [0.5, 0.6) is 0 Å². The summed E-state index contributed by atoms with van der Waals surface area (Å²) < 4.78 is 2.31. The Morgan fingerprint density at radius 1 is 1.48 bits per heavy atom. The lowest BCUT2D eigenvalue weighted by atomic mass is 9.81. The van der Waals surface area contributed by atoms with Gasteiger partial charge in [-0.2, -0.15) is 0 Å². The molecule has 21 heavy (non-hydrogen) atoms. The average molecular weight is 430 g/mol. The predicted molar refractivity (Wildman–Crippen MR) is 96.1 cm³/mol. The molecule has 2 aromatic rings. The first kappa shape index (κ1) is 15.7. The summed E-state index contributed by atoms with van der Waals surface area (Å²) in [5.74, 6) is 0.465. The zero-order chi connectivity index (χ0) is 14.8. The summed E-state index contributed by atoms with van der Waals surface area (Å²) in [6, 6.07) is 6.87.